The summed E-state index contributed by atoms with van der Waals surface area (Å²) in [5.41, 5.74) is 4.10. The van der Waals surface area contributed by atoms with E-state index >= 15 is 0 Å². The van der Waals surface area contributed by atoms with Gasteiger partial charge in [0.25, 0.3) is 0 Å². The molecule has 0 fully saturated rings. The highest BCUT2D eigenvalue weighted by atomic mass is 79.9. The van der Waals surface area contributed by atoms with Crippen molar-refractivity contribution in [3.05, 3.63) is 63.6 Å². The predicted molar refractivity (Wildman–Crippen MR) is 82.4 cm³/mol. The van der Waals surface area contributed by atoms with Crippen molar-refractivity contribution in [3.63, 3.8) is 0 Å². The van der Waals surface area contributed by atoms with Crippen LogP contribution in [-0.2, 0) is 11.2 Å². The average Bonchev–Trinajstić information content (AvgIpc) is 2.35. The number of halogens is 1. The van der Waals surface area contributed by atoms with E-state index < -0.39 is 0 Å². The standard InChI is InChI=1S/C16H16BrNO/c1-11-5-3-6-13(9-11)10-16(19)18-15-8-4-7-14(17)12(15)2/h3-9H,10H2,1-2H3,(H,18,19). The van der Waals surface area contributed by atoms with Gasteiger partial charge in [-0.3, -0.25) is 4.79 Å². The van der Waals surface area contributed by atoms with Gasteiger partial charge in [-0.05, 0) is 37.1 Å². The molecule has 0 aliphatic carbocycles. The maximum absolute atomic E-state index is 12.0. The largest absolute Gasteiger partial charge is 0.326 e. The molecule has 0 heterocycles. The number of aryl methyl sites for hydroxylation is 1. The Bertz CT molecular complexity index is 607. The van der Waals surface area contributed by atoms with E-state index in [-0.39, 0.29) is 5.91 Å². The molecule has 0 radical (unpaired) electrons. The van der Waals surface area contributed by atoms with Crippen molar-refractivity contribution >= 4 is 27.5 Å². The van der Waals surface area contributed by atoms with E-state index in [1.807, 2.05) is 56.3 Å². The Labute approximate surface area is 122 Å². The van der Waals surface area contributed by atoms with Gasteiger partial charge in [-0.2, -0.15) is 0 Å². The van der Waals surface area contributed by atoms with Crippen LogP contribution in [0.4, 0.5) is 5.69 Å². The topological polar surface area (TPSA) is 29.1 Å². The lowest BCUT2D eigenvalue weighted by atomic mass is 10.1. The van der Waals surface area contributed by atoms with Gasteiger partial charge in [0.05, 0.1) is 6.42 Å². The molecule has 2 rings (SSSR count). The van der Waals surface area contributed by atoms with E-state index in [2.05, 4.69) is 21.2 Å². The van der Waals surface area contributed by atoms with Crippen LogP contribution in [0.5, 0.6) is 0 Å². The second-order valence-corrected chi connectivity index (χ2v) is 5.48. The van der Waals surface area contributed by atoms with E-state index in [4.69, 9.17) is 0 Å². The zero-order valence-corrected chi connectivity index (χ0v) is 12.6. The molecule has 0 aliphatic heterocycles. The Hall–Kier alpha value is -1.61. The smallest absolute Gasteiger partial charge is 0.228 e. The van der Waals surface area contributed by atoms with Gasteiger partial charge in [0.2, 0.25) is 5.91 Å². The fourth-order valence-electron chi connectivity index (χ4n) is 1.94. The Morgan fingerprint density at radius 2 is 1.89 bits per heavy atom. The van der Waals surface area contributed by atoms with Crippen LogP contribution >= 0.6 is 15.9 Å². The summed E-state index contributed by atoms with van der Waals surface area (Å²) in [6.45, 7) is 4.01. The first-order valence-corrected chi connectivity index (χ1v) is 6.96. The fraction of sp³-hybridized carbons (Fsp3) is 0.188. The number of benzene rings is 2. The van der Waals surface area contributed by atoms with Gasteiger partial charge >= 0.3 is 0 Å². The van der Waals surface area contributed by atoms with Crippen molar-refractivity contribution < 1.29 is 4.79 Å². The quantitative estimate of drug-likeness (QED) is 0.901. The Morgan fingerprint density at radius 1 is 1.16 bits per heavy atom. The Kier molecular flexibility index (Phi) is 4.38. The lowest BCUT2D eigenvalue weighted by molar-refractivity contribution is -0.115. The summed E-state index contributed by atoms with van der Waals surface area (Å²) in [5.74, 6) is 0.00630. The van der Waals surface area contributed by atoms with Crippen molar-refractivity contribution in [2.45, 2.75) is 20.3 Å². The molecule has 0 aliphatic rings. The Morgan fingerprint density at radius 3 is 2.63 bits per heavy atom. The molecule has 2 aromatic rings. The van der Waals surface area contributed by atoms with Crippen molar-refractivity contribution in [2.75, 3.05) is 5.32 Å². The van der Waals surface area contributed by atoms with Gasteiger partial charge in [-0.1, -0.05) is 51.8 Å². The molecule has 0 atom stereocenters. The van der Waals surface area contributed by atoms with Gasteiger partial charge in [0.1, 0.15) is 0 Å². The molecule has 2 nitrogen and oxygen atoms in total. The van der Waals surface area contributed by atoms with Gasteiger partial charge in [-0.15, -0.1) is 0 Å². The van der Waals surface area contributed by atoms with Crippen molar-refractivity contribution in [3.8, 4) is 0 Å². The SMILES string of the molecule is Cc1cccc(CC(=O)Nc2cccc(Br)c2C)c1. The normalized spacial score (nSPS) is 10.3. The summed E-state index contributed by atoms with van der Waals surface area (Å²) in [6, 6.07) is 13.8. The lowest BCUT2D eigenvalue weighted by Gasteiger charge is -2.09. The number of hydrogen-bond donors (Lipinski definition) is 1. The molecule has 0 saturated carbocycles. The van der Waals surface area contributed by atoms with Crippen molar-refractivity contribution in [1.29, 1.82) is 0 Å². The number of amides is 1. The zero-order valence-electron chi connectivity index (χ0n) is 11.0. The van der Waals surface area contributed by atoms with Crippen LogP contribution in [0.2, 0.25) is 0 Å². The molecule has 1 N–H and O–H groups in total. The van der Waals surface area contributed by atoms with E-state index in [1.165, 1.54) is 5.56 Å². The summed E-state index contributed by atoms with van der Waals surface area (Å²) in [4.78, 5) is 12.0. The maximum Gasteiger partial charge on any atom is 0.228 e. The summed E-state index contributed by atoms with van der Waals surface area (Å²) in [6.07, 6.45) is 0.396. The van der Waals surface area contributed by atoms with Crippen LogP contribution in [0.1, 0.15) is 16.7 Å². The first kappa shape index (κ1) is 13.8. The predicted octanol–water partition coefficient (Wildman–Crippen LogP) is 4.25. The number of nitrogens with one attached hydrogen (secondary N) is 1. The second-order valence-electron chi connectivity index (χ2n) is 4.63. The highest BCUT2D eigenvalue weighted by Gasteiger charge is 2.07. The molecule has 0 bridgehead atoms. The van der Waals surface area contributed by atoms with Crippen LogP contribution in [0, 0.1) is 13.8 Å². The zero-order chi connectivity index (χ0) is 13.8. The molecule has 0 unspecified atom stereocenters. The molecule has 98 valence electrons. The lowest BCUT2D eigenvalue weighted by Crippen LogP contribution is -2.15. The number of carbonyl (C=O) groups is 1. The molecule has 0 aromatic heterocycles. The van der Waals surface area contributed by atoms with E-state index in [0.717, 1.165) is 21.3 Å². The van der Waals surface area contributed by atoms with Crippen LogP contribution in [0.25, 0.3) is 0 Å². The molecule has 1 amide bonds. The third-order valence-corrected chi connectivity index (χ3v) is 3.85. The third kappa shape index (κ3) is 3.67. The average molecular weight is 318 g/mol. The summed E-state index contributed by atoms with van der Waals surface area (Å²) in [7, 11) is 0. The molecular formula is C16H16BrNO. The molecule has 3 heteroatoms. The van der Waals surface area contributed by atoms with Crippen LogP contribution in [0.15, 0.2) is 46.9 Å². The number of rotatable bonds is 3. The Balaban J connectivity index is 2.08. The highest BCUT2D eigenvalue weighted by Crippen LogP contribution is 2.23. The molecule has 19 heavy (non-hydrogen) atoms. The van der Waals surface area contributed by atoms with Gasteiger partial charge in [-0.25, -0.2) is 0 Å². The first-order valence-electron chi connectivity index (χ1n) is 6.17. The van der Waals surface area contributed by atoms with Crippen LogP contribution in [0.3, 0.4) is 0 Å². The molecule has 0 saturated heterocycles. The van der Waals surface area contributed by atoms with E-state index in [0.29, 0.717) is 6.42 Å². The fourth-order valence-corrected chi connectivity index (χ4v) is 2.31. The van der Waals surface area contributed by atoms with Gasteiger partial charge in [0.15, 0.2) is 0 Å². The summed E-state index contributed by atoms with van der Waals surface area (Å²) >= 11 is 3.46. The van der Waals surface area contributed by atoms with Crippen molar-refractivity contribution in [1.82, 2.24) is 0 Å². The minimum absolute atomic E-state index is 0.00630. The van der Waals surface area contributed by atoms with Crippen molar-refractivity contribution in [2.24, 2.45) is 0 Å². The number of anilines is 1. The third-order valence-electron chi connectivity index (χ3n) is 2.99. The molecule has 0 spiro atoms. The van der Waals surface area contributed by atoms with E-state index in [9.17, 15) is 4.79 Å². The maximum atomic E-state index is 12.0. The molecular weight excluding hydrogens is 302 g/mol. The van der Waals surface area contributed by atoms with E-state index in [1.54, 1.807) is 0 Å². The monoisotopic (exact) mass is 317 g/mol. The number of carbonyl (C=O) groups excluding carboxylic acids is 1. The van der Waals surface area contributed by atoms with Crippen LogP contribution < -0.4 is 5.32 Å². The minimum Gasteiger partial charge on any atom is -0.326 e. The number of hydrogen-bond acceptors (Lipinski definition) is 1. The second kappa shape index (κ2) is 6.02. The first-order chi connectivity index (χ1) is 9.06. The minimum atomic E-state index is 0.00630. The van der Waals surface area contributed by atoms with Gasteiger partial charge in [0, 0.05) is 10.2 Å². The molecule has 2 aromatic carbocycles. The van der Waals surface area contributed by atoms with Gasteiger partial charge < -0.3 is 5.32 Å². The highest BCUT2D eigenvalue weighted by molar-refractivity contribution is 9.10. The summed E-state index contributed by atoms with van der Waals surface area (Å²) in [5, 5.41) is 2.95. The summed E-state index contributed by atoms with van der Waals surface area (Å²) < 4.78 is 1.00. The van der Waals surface area contributed by atoms with Crippen LogP contribution in [-0.4, -0.2) is 5.91 Å².